The Morgan fingerprint density at radius 3 is 2.30 bits per heavy atom. The topological polar surface area (TPSA) is 40.5 Å². The highest BCUT2D eigenvalue weighted by Crippen LogP contribution is 2.41. The van der Waals surface area contributed by atoms with Crippen molar-refractivity contribution in [2.45, 2.75) is 30.9 Å². The number of piperidine rings is 1. The average Bonchev–Trinajstić information content (AvgIpc) is 2.86. The number of benzene rings is 2. The van der Waals surface area contributed by atoms with E-state index in [0.717, 1.165) is 44.5 Å². The van der Waals surface area contributed by atoms with E-state index in [9.17, 15) is 9.90 Å². The van der Waals surface area contributed by atoms with E-state index in [-0.39, 0.29) is 5.92 Å². The Kier molecular flexibility index (Phi) is 5.84. The van der Waals surface area contributed by atoms with Crippen molar-refractivity contribution < 1.29 is 9.90 Å². The minimum atomic E-state index is -0.640. The summed E-state index contributed by atoms with van der Waals surface area (Å²) in [6.45, 7) is 2.70. The van der Waals surface area contributed by atoms with E-state index >= 15 is 0 Å². The maximum Gasteiger partial charge on any atom is 0.307 e. The van der Waals surface area contributed by atoms with Crippen molar-refractivity contribution in [1.82, 2.24) is 4.90 Å². The molecule has 0 aromatic heterocycles. The highest BCUT2D eigenvalue weighted by atomic mass is 32.2. The van der Waals surface area contributed by atoms with Crippen LogP contribution in [0.2, 0.25) is 0 Å². The van der Waals surface area contributed by atoms with Gasteiger partial charge in [0.2, 0.25) is 0 Å². The Hall–Kier alpha value is -1.78. The molecule has 1 aliphatic heterocycles. The third-order valence-corrected chi connectivity index (χ3v) is 7.15. The minimum Gasteiger partial charge on any atom is -0.481 e. The van der Waals surface area contributed by atoms with Gasteiger partial charge in [-0.2, -0.15) is 0 Å². The zero-order valence-electron chi connectivity index (χ0n) is 15.6. The predicted octanol–water partition coefficient (Wildman–Crippen LogP) is 4.40. The molecular formula is C23H27NO2S. The predicted molar refractivity (Wildman–Crippen MR) is 111 cm³/mol. The molecule has 1 fully saturated rings. The van der Waals surface area contributed by atoms with Gasteiger partial charge >= 0.3 is 5.97 Å². The molecule has 27 heavy (non-hydrogen) atoms. The number of aliphatic carboxylic acids is 1. The van der Waals surface area contributed by atoms with Crippen LogP contribution in [0.4, 0.5) is 0 Å². The summed E-state index contributed by atoms with van der Waals surface area (Å²) in [4.78, 5) is 13.6. The standard InChI is InChI=1S/C23H27NO2S/c25-23(26)19-8-5-13-24(16-19)14-15-27-22-20-9-3-1-6-17(20)11-12-18-7-2-4-10-21(18)22/h1-4,6-7,9-10,19,22H,5,8,11-16H2,(H,25,26). The van der Waals surface area contributed by atoms with Crippen molar-refractivity contribution in [3.63, 3.8) is 0 Å². The van der Waals surface area contributed by atoms with Crippen LogP contribution in [0.5, 0.6) is 0 Å². The number of carboxylic acid groups (broad SMARTS) is 1. The first kappa shape index (κ1) is 18.6. The molecular weight excluding hydrogens is 354 g/mol. The monoisotopic (exact) mass is 381 g/mol. The van der Waals surface area contributed by atoms with Gasteiger partial charge in [-0.25, -0.2) is 0 Å². The molecule has 2 aromatic carbocycles. The van der Waals surface area contributed by atoms with E-state index in [4.69, 9.17) is 0 Å². The first-order valence-electron chi connectivity index (χ1n) is 9.95. The first-order chi connectivity index (χ1) is 13.2. The van der Waals surface area contributed by atoms with Gasteiger partial charge in [-0.3, -0.25) is 4.79 Å². The number of hydrogen-bond donors (Lipinski definition) is 1. The summed E-state index contributed by atoms with van der Waals surface area (Å²) in [5.41, 5.74) is 5.84. The summed E-state index contributed by atoms with van der Waals surface area (Å²) < 4.78 is 0. The maximum absolute atomic E-state index is 11.3. The highest BCUT2D eigenvalue weighted by molar-refractivity contribution is 7.99. The van der Waals surface area contributed by atoms with Crippen LogP contribution in [0, 0.1) is 5.92 Å². The fourth-order valence-electron chi connectivity index (χ4n) is 4.41. The zero-order valence-corrected chi connectivity index (χ0v) is 16.5. The molecule has 0 radical (unpaired) electrons. The van der Waals surface area contributed by atoms with Crippen molar-refractivity contribution >= 4 is 17.7 Å². The molecule has 1 aliphatic carbocycles. The van der Waals surface area contributed by atoms with Crippen LogP contribution in [-0.4, -0.2) is 41.4 Å². The number of carbonyl (C=O) groups is 1. The van der Waals surface area contributed by atoms with Crippen molar-refractivity contribution in [2.24, 2.45) is 5.92 Å². The quantitative estimate of drug-likeness (QED) is 0.833. The Morgan fingerprint density at radius 1 is 1.04 bits per heavy atom. The molecule has 0 bridgehead atoms. The number of carboxylic acids is 1. The minimum absolute atomic E-state index is 0.192. The third kappa shape index (κ3) is 4.22. The van der Waals surface area contributed by atoms with Gasteiger partial charge in [0.25, 0.3) is 0 Å². The molecule has 4 heteroatoms. The number of fused-ring (bicyclic) bond motifs is 2. The summed E-state index contributed by atoms with van der Waals surface area (Å²) in [6.07, 6.45) is 4.03. The van der Waals surface area contributed by atoms with E-state index in [1.165, 1.54) is 22.3 Å². The largest absolute Gasteiger partial charge is 0.481 e. The number of rotatable bonds is 5. The van der Waals surface area contributed by atoms with E-state index in [1.807, 2.05) is 11.8 Å². The number of aryl methyl sites for hydroxylation is 2. The second-order valence-corrected chi connectivity index (χ2v) is 8.84. The van der Waals surface area contributed by atoms with Crippen LogP contribution < -0.4 is 0 Å². The molecule has 1 N–H and O–H groups in total. The van der Waals surface area contributed by atoms with Gasteiger partial charge < -0.3 is 10.0 Å². The van der Waals surface area contributed by atoms with Crippen molar-refractivity contribution in [3.05, 3.63) is 70.8 Å². The summed E-state index contributed by atoms with van der Waals surface area (Å²) in [5, 5.41) is 9.68. The SMILES string of the molecule is O=C(O)C1CCCN(CCSC2c3ccccc3CCc3ccccc32)C1. The second-order valence-electron chi connectivity index (χ2n) is 7.63. The molecule has 2 aromatic rings. The van der Waals surface area contributed by atoms with Gasteiger partial charge in [0.15, 0.2) is 0 Å². The summed E-state index contributed by atoms with van der Waals surface area (Å²) in [7, 11) is 0. The number of likely N-dealkylation sites (tertiary alicyclic amines) is 1. The molecule has 1 saturated heterocycles. The summed E-state index contributed by atoms with van der Waals surface area (Å²) in [6, 6.07) is 17.7. The Balaban J connectivity index is 1.47. The molecule has 0 amide bonds. The molecule has 4 rings (SSSR count). The Morgan fingerprint density at radius 2 is 1.67 bits per heavy atom. The summed E-state index contributed by atoms with van der Waals surface area (Å²) >= 11 is 2.01. The van der Waals surface area contributed by atoms with Crippen LogP contribution in [0.1, 0.15) is 40.3 Å². The smallest absolute Gasteiger partial charge is 0.307 e. The Labute approximate surface area is 165 Å². The highest BCUT2D eigenvalue weighted by Gasteiger charge is 2.26. The van der Waals surface area contributed by atoms with Crippen molar-refractivity contribution in [3.8, 4) is 0 Å². The van der Waals surface area contributed by atoms with Gasteiger partial charge in [0, 0.05) is 18.8 Å². The van der Waals surface area contributed by atoms with Crippen LogP contribution in [0.25, 0.3) is 0 Å². The molecule has 0 spiro atoms. The Bertz CT molecular complexity index is 759. The number of hydrogen-bond acceptors (Lipinski definition) is 3. The molecule has 1 atom stereocenters. The van der Waals surface area contributed by atoms with E-state index in [2.05, 4.69) is 53.4 Å². The average molecular weight is 382 g/mol. The van der Waals surface area contributed by atoms with Crippen molar-refractivity contribution in [1.29, 1.82) is 0 Å². The van der Waals surface area contributed by atoms with Gasteiger partial charge in [-0.15, -0.1) is 11.8 Å². The van der Waals surface area contributed by atoms with Crippen LogP contribution >= 0.6 is 11.8 Å². The lowest BCUT2D eigenvalue weighted by molar-refractivity contribution is -0.143. The molecule has 1 heterocycles. The van der Waals surface area contributed by atoms with Crippen LogP contribution in [0.3, 0.4) is 0 Å². The molecule has 2 aliphatic rings. The molecule has 0 saturated carbocycles. The maximum atomic E-state index is 11.3. The molecule has 142 valence electrons. The number of nitrogens with zero attached hydrogens (tertiary/aromatic N) is 1. The molecule has 1 unspecified atom stereocenters. The van der Waals surface area contributed by atoms with Gasteiger partial charge in [0.05, 0.1) is 11.2 Å². The summed E-state index contributed by atoms with van der Waals surface area (Å²) in [5.74, 6) is 0.196. The van der Waals surface area contributed by atoms with E-state index < -0.39 is 5.97 Å². The number of thioether (sulfide) groups is 1. The van der Waals surface area contributed by atoms with Gasteiger partial charge in [0.1, 0.15) is 0 Å². The fraction of sp³-hybridized carbons (Fsp3) is 0.435. The lowest BCUT2D eigenvalue weighted by Crippen LogP contribution is -2.39. The van der Waals surface area contributed by atoms with Gasteiger partial charge in [-0.1, -0.05) is 48.5 Å². The van der Waals surface area contributed by atoms with E-state index in [1.54, 1.807) is 0 Å². The lowest BCUT2D eigenvalue weighted by Gasteiger charge is -2.31. The zero-order chi connectivity index (χ0) is 18.6. The van der Waals surface area contributed by atoms with Gasteiger partial charge in [-0.05, 0) is 54.5 Å². The second kappa shape index (κ2) is 8.49. The van der Waals surface area contributed by atoms with Crippen LogP contribution in [0.15, 0.2) is 48.5 Å². The van der Waals surface area contributed by atoms with E-state index in [0.29, 0.717) is 11.8 Å². The third-order valence-electron chi connectivity index (χ3n) is 5.89. The normalized spacial score (nSPS) is 20.5. The van der Waals surface area contributed by atoms with Crippen LogP contribution in [-0.2, 0) is 17.6 Å². The lowest BCUT2D eigenvalue weighted by atomic mass is 9.98. The molecule has 3 nitrogen and oxygen atoms in total. The first-order valence-corrected chi connectivity index (χ1v) is 11.0. The van der Waals surface area contributed by atoms with Crippen molar-refractivity contribution in [2.75, 3.05) is 25.4 Å². The fourth-order valence-corrected chi connectivity index (χ4v) is 5.83.